The second-order valence-corrected chi connectivity index (χ2v) is 5.27. The average molecular weight is 246 g/mol. The van der Waals surface area contributed by atoms with E-state index in [1.54, 1.807) is 0 Å². The van der Waals surface area contributed by atoms with Gasteiger partial charge < -0.3 is 10.2 Å². The second-order valence-electron chi connectivity index (χ2n) is 5.27. The van der Waals surface area contributed by atoms with Crippen molar-refractivity contribution in [2.24, 2.45) is 5.92 Å². The third-order valence-electron chi connectivity index (χ3n) is 3.98. The van der Waals surface area contributed by atoms with Crippen molar-refractivity contribution in [3.8, 4) is 0 Å². The fraction of sp³-hybridized carbons (Fsp3) is 0.533. The molecule has 2 rings (SSSR count). The van der Waals surface area contributed by atoms with Crippen molar-refractivity contribution >= 4 is 11.6 Å². The third kappa shape index (κ3) is 2.50. The fourth-order valence-corrected chi connectivity index (χ4v) is 2.33. The van der Waals surface area contributed by atoms with Crippen molar-refractivity contribution in [2.75, 3.05) is 19.4 Å². The van der Waals surface area contributed by atoms with Gasteiger partial charge in [0, 0.05) is 31.4 Å². The van der Waals surface area contributed by atoms with E-state index in [0.29, 0.717) is 12.0 Å². The van der Waals surface area contributed by atoms with E-state index in [9.17, 15) is 4.79 Å². The predicted octanol–water partition coefficient (Wildman–Crippen LogP) is 2.91. The van der Waals surface area contributed by atoms with E-state index >= 15 is 0 Å². The molecule has 1 aromatic carbocycles. The number of anilines is 1. The summed E-state index contributed by atoms with van der Waals surface area (Å²) in [5, 5.41) is 3.09. The van der Waals surface area contributed by atoms with Crippen LogP contribution in [0.25, 0.3) is 0 Å². The van der Waals surface area contributed by atoms with Crippen LogP contribution < -0.4 is 5.32 Å². The van der Waals surface area contributed by atoms with Gasteiger partial charge in [-0.15, -0.1) is 0 Å². The van der Waals surface area contributed by atoms with Crippen molar-refractivity contribution in [1.82, 2.24) is 4.90 Å². The lowest BCUT2D eigenvalue weighted by Crippen LogP contribution is -2.36. The molecule has 1 aliphatic carbocycles. The molecule has 3 nitrogen and oxygen atoms in total. The Labute approximate surface area is 109 Å². The molecule has 0 aliphatic heterocycles. The lowest BCUT2D eigenvalue weighted by molar-refractivity contribution is 0.0726. The quantitative estimate of drug-likeness (QED) is 0.886. The largest absolute Gasteiger partial charge is 0.388 e. The molecule has 3 heteroatoms. The average Bonchev–Trinajstić information content (AvgIpc) is 3.20. The van der Waals surface area contributed by atoms with E-state index in [0.717, 1.165) is 16.8 Å². The van der Waals surface area contributed by atoms with Crippen LogP contribution in [0.2, 0.25) is 0 Å². The Morgan fingerprint density at radius 3 is 2.61 bits per heavy atom. The summed E-state index contributed by atoms with van der Waals surface area (Å²) in [6.45, 7) is 4.14. The van der Waals surface area contributed by atoms with Gasteiger partial charge in [0.2, 0.25) is 0 Å². The van der Waals surface area contributed by atoms with E-state index in [2.05, 4.69) is 12.2 Å². The van der Waals surface area contributed by atoms with Gasteiger partial charge in [-0.3, -0.25) is 4.79 Å². The number of hydrogen-bond donors (Lipinski definition) is 1. The molecule has 0 radical (unpaired) electrons. The molecule has 0 saturated heterocycles. The highest BCUT2D eigenvalue weighted by Crippen LogP contribution is 2.35. The number of benzene rings is 1. The molecule has 1 saturated carbocycles. The lowest BCUT2D eigenvalue weighted by Gasteiger charge is -2.25. The van der Waals surface area contributed by atoms with Crippen molar-refractivity contribution in [1.29, 1.82) is 0 Å². The first-order valence-electron chi connectivity index (χ1n) is 6.60. The van der Waals surface area contributed by atoms with Crippen LogP contribution in [0.3, 0.4) is 0 Å². The molecule has 0 spiro atoms. The Kier molecular flexibility index (Phi) is 3.60. The van der Waals surface area contributed by atoms with Crippen molar-refractivity contribution < 1.29 is 4.79 Å². The SMILES string of the molecule is CNc1ccc(C(=O)N(C)C(C)C2CC2)c(C)c1. The number of rotatable bonds is 4. The molecule has 1 aromatic rings. The van der Waals surface area contributed by atoms with Gasteiger partial charge in [0.05, 0.1) is 0 Å². The van der Waals surface area contributed by atoms with Gasteiger partial charge in [0.15, 0.2) is 0 Å². The Morgan fingerprint density at radius 1 is 1.44 bits per heavy atom. The maximum absolute atomic E-state index is 12.4. The van der Waals surface area contributed by atoms with Crippen molar-refractivity contribution in [2.45, 2.75) is 32.7 Å². The number of carbonyl (C=O) groups is 1. The number of nitrogens with zero attached hydrogens (tertiary/aromatic N) is 1. The highest BCUT2D eigenvalue weighted by Gasteiger charge is 2.32. The minimum absolute atomic E-state index is 0.134. The Balaban J connectivity index is 2.17. The Morgan fingerprint density at radius 2 is 2.11 bits per heavy atom. The first kappa shape index (κ1) is 12.9. The van der Waals surface area contributed by atoms with Gasteiger partial charge in [0.25, 0.3) is 5.91 Å². The molecular formula is C15H22N2O. The summed E-state index contributed by atoms with van der Waals surface area (Å²) in [4.78, 5) is 14.3. The maximum atomic E-state index is 12.4. The summed E-state index contributed by atoms with van der Waals surface area (Å²) >= 11 is 0. The number of carbonyl (C=O) groups excluding carboxylic acids is 1. The first-order valence-corrected chi connectivity index (χ1v) is 6.60. The third-order valence-corrected chi connectivity index (χ3v) is 3.98. The molecule has 1 amide bonds. The van der Waals surface area contributed by atoms with Gasteiger partial charge >= 0.3 is 0 Å². The van der Waals surface area contributed by atoms with E-state index in [-0.39, 0.29) is 5.91 Å². The fourth-order valence-electron chi connectivity index (χ4n) is 2.33. The normalized spacial score (nSPS) is 16.2. The molecule has 1 aliphatic rings. The molecule has 0 heterocycles. The predicted molar refractivity (Wildman–Crippen MR) is 75.0 cm³/mol. The van der Waals surface area contributed by atoms with Crippen LogP contribution in [-0.4, -0.2) is 30.9 Å². The van der Waals surface area contributed by atoms with Gasteiger partial charge in [-0.25, -0.2) is 0 Å². The number of aryl methyl sites for hydroxylation is 1. The smallest absolute Gasteiger partial charge is 0.254 e. The summed E-state index contributed by atoms with van der Waals surface area (Å²) in [5.41, 5.74) is 2.88. The Bertz CT molecular complexity index is 452. The minimum atomic E-state index is 0.134. The monoisotopic (exact) mass is 246 g/mol. The summed E-state index contributed by atoms with van der Waals surface area (Å²) in [6.07, 6.45) is 2.52. The number of amides is 1. The topological polar surface area (TPSA) is 32.3 Å². The van der Waals surface area contributed by atoms with Gasteiger partial charge in [-0.2, -0.15) is 0 Å². The highest BCUT2D eigenvalue weighted by atomic mass is 16.2. The Hall–Kier alpha value is -1.51. The lowest BCUT2D eigenvalue weighted by atomic mass is 10.1. The zero-order valence-electron chi connectivity index (χ0n) is 11.7. The summed E-state index contributed by atoms with van der Waals surface area (Å²) in [6, 6.07) is 6.24. The van der Waals surface area contributed by atoms with Crippen LogP contribution in [0.5, 0.6) is 0 Å². The molecule has 0 aromatic heterocycles. The van der Waals surface area contributed by atoms with Crippen LogP contribution in [-0.2, 0) is 0 Å². The van der Waals surface area contributed by atoms with E-state index in [1.807, 2.05) is 44.1 Å². The van der Waals surface area contributed by atoms with E-state index in [1.165, 1.54) is 12.8 Å². The van der Waals surface area contributed by atoms with Crippen LogP contribution in [0, 0.1) is 12.8 Å². The second kappa shape index (κ2) is 5.01. The zero-order valence-corrected chi connectivity index (χ0v) is 11.7. The molecule has 1 atom stereocenters. The standard InChI is InChI=1S/C15H22N2O/c1-10-9-13(16-3)7-8-14(10)15(18)17(4)11(2)12-5-6-12/h7-9,11-12,16H,5-6H2,1-4H3. The van der Waals surface area contributed by atoms with Crippen LogP contribution in [0.1, 0.15) is 35.7 Å². The van der Waals surface area contributed by atoms with Gasteiger partial charge in [0.1, 0.15) is 0 Å². The van der Waals surface area contributed by atoms with Crippen LogP contribution in [0.15, 0.2) is 18.2 Å². The summed E-state index contributed by atoms with van der Waals surface area (Å²) in [5.74, 6) is 0.838. The molecular weight excluding hydrogens is 224 g/mol. The van der Waals surface area contributed by atoms with Crippen LogP contribution >= 0.6 is 0 Å². The van der Waals surface area contributed by atoms with Gasteiger partial charge in [-0.1, -0.05) is 0 Å². The number of hydrogen-bond acceptors (Lipinski definition) is 2. The summed E-state index contributed by atoms with van der Waals surface area (Å²) in [7, 11) is 3.80. The molecule has 0 bridgehead atoms. The molecule has 1 fully saturated rings. The maximum Gasteiger partial charge on any atom is 0.254 e. The molecule has 18 heavy (non-hydrogen) atoms. The van der Waals surface area contributed by atoms with E-state index in [4.69, 9.17) is 0 Å². The molecule has 1 N–H and O–H groups in total. The highest BCUT2D eigenvalue weighted by molar-refractivity contribution is 5.96. The van der Waals surface area contributed by atoms with E-state index < -0.39 is 0 Å². The summed E-state index contributed by atoms with van der Waals surface area (Å²) < 4.78 is 0. The zero-order chi connectivity index (χ0) is 13.3. The number of nitrogens with one attached hydrogen (secondary N) is 1. The van der Waals surface area contributed by atoms with Gasteiger partial charge in [-0.05, 0) is 56.4 Å². The van der Waals surface area contributed by atoms with Crippen molar-refractivity contribution in [3.63, 3.8) is 0 Å². The molecule has 98 valence electrons. The van der Waals surface area contributed by atoms with Crippen LogP contribution in [0.4, 0.5) is 5.69 Å². The molecule has 1 unspecified atom stereocenters. The first-order chi connectivity index (χ1) is 8.54. The van der Waals surface area contributed by atoms with Crippen molar-refractivity contribution in [3.05, 3.63) is 29.3 Å². The minimum Gasteiger partial charge on any atom is -0.388 e.